The third-order valence-electron chi connectivity index (χ3n) is 5.12. The molecule has 0 bridgehead atoms. The van der Waals surface area contributed by atoms with Crippen molar-refractivity contribution in [3.8, 4) is 0 Å². The molecule has 0 amide bonds. The number of hydrogen-bond donors (Lipinski definition) is 1. The first kappa shape index (κ1) is 14.3. The third-order valence-corrected chi connectivity index (χ3v) is 5.12. The summed E-state index contributed by atoms with van der Waals surface area (Å²) in [5, 5.41) is 3.67. The van der Waals surface area contributed by atoms with E-state index in [2.05, 4.69) is 37.9 Å². The number of hydrogen-bond acceptors (Lipinski definition) is 2. The Bertz CT molecular complexity index is 235. The maximum Gasteiger partial charge on any atom is 0.0195 e. The van der Waals surface area contributed by atoms with Crippen molar-refractivity contribution in [3.63, 3.8) is 0 Å². The van der Waals surface area contributed by atoms with Gasteiger partial charge in [-0.15, -0.1) is 0 Å². The van der Waals surface area contributed by atoms with E-state index in [0.29, 0.717) is 6.04 Å². The molecule has 0 aromatic carbocycles. The van der Waals surface area contributed by atoms with Gasteiger partial charge in [0.05, 0.1) is 0 Å². The molecule has 2 fully saturated rings. The minimum atomic E-state index is 0.681. The van der Waals surface area contributed by atoms with Gasteiger partial charge in [0.25, 0.3) is 0 Å². The fourth-order valence-electron chi connectivity index (χ4n) is 4.16. The molecule has 2 aliphatic rings. The van der Waals surface area contributed by atoms with Gasteiger partial charge in [0.2, 0.25) is 0 Å². The molecule has 18 heavy (non-hydrogen) atoms. The Hall–Kier alpha value is -0.0800. The third kappa shape index (κ3) is 3.27. The lowest BCUT2D eigenvalue weighted by Gasteiger charge is -2.45. The summed E-state index contributed by atoms with van der Waals surface area (Å²) in [6.07, 6.45) is 7.03. The van der Waals surface area contributed by atoms with E-state index in [0.717, 1.165) is 23.9 Å². The fourth-order valence-corrected chi connectivity index (χ4v) is 4.16. The summed E-state index contributed by atoms with van der Waals surface area (Å²) in [7, 11) is 0. The molecular formula is C16H32N2. The molecule has 1 aliphatic heterocycles. The van der Waals surface area contributed by atoms with Gasteiger partial charge in [-0.3, -0.25) is 4.90 Å². The Morgan fingerprint density at radius 3 is 2.22 bits per heavy atom. The zero-order valence-corrected chi connectivity index (χ0v) is 12.8. The van der Waals surface area contributed by atoms with Crippen molar-refractivity contribution in [1.82, 2.24) is 10.2 Å². The highest BCUT2D eigenvalue weighted by Gasteiger charge is 2.35. The minimum absolute atomic E-state index is 0.681. The van der Waals surface area contributed by atoms with E-state index < -0.39 is 0 Å². The van der Waals surface area contributed by atoms with Crippen LogP contribution in [0.4, 0.5) is 0 Å². The summed E-state index contributed by atoms with van der Waals surface area (Å²) in [6.45, 7) is 12.2. The molecule has 3 unspecified atom stereocenters. The molecule has 0 aromatic heterocycles. The van der Waals surface area contributed by atoms with Gasteiger partial charge in [-0.1, -0.05) is 20.3 Å². The molecule has 0 spiro atoms. The Labute approximate surface area is 114 Å². The van der Waals surface area contributed by atoms with Crippen LogP contribution in [0.3, 0.4) is 0 Å². The van der Waals surface area contributed by atoms with Crippen molar-refractivity contribution in [1.29, 1.82) is 0 Å². The number of nitrogens with zero attached hydrogens (tertiary/aromatic N) is 1. The summed E-state index contributed by atoms with van der Waals surface area (Å²) in [5.41, 5.74) is 0. The van der Waals surface area contributed by atoms with Crippen LogP contribution < -0.4 is 5.32 Å². The molecule has 1 N–H and O–H groups in total. The summed E-state index contributed by atoms with van der Waals surface area (Å²) < 4.78 is 0. The second kappa shape index (κ2) is 6.38. The van der Waals surface area contributed by atoms with Gasteiger partial charge in [0.1, 0.15) is 0 Å². The largest absolute Gasteiger partial charge is 0.313 e. The van der Waals surface area contributed by atoms with Gasteiger partial charge in [0.15, 0.2) is 0 Å². The Morgan fingerprint density at radius 1 is 1.06 bits per heavy atom. The van der Waals surface area contributed by atoms with Crippen LogP contribution in [0.15, 0.2) is 0 Å². The van der Waals surface area contributed by atoms with Crippen LogP contribution in [0.5, 0.6) is 0 Å². The van der Waals surface area contributed by atoms with Crippen molar-refractivity contribution < 1.29 is 0 Å². The molecule has 1 saturated carbocycles. The van der Waals surface area contributed by atoms with Gasteiger partial charge in [-0.25, -0.2) is 0 Å². The summed E-state index contributed by atoms with van der Waals surface area (Å²) in [4.78, 5) is 2.80. The van der Waals surface area contributed by atoms with Crippen molar-refractivity contribution in [2.75, 3.05) is 13.1 Å². The van der Waals surface area contributed by atoms with Crippen LogP contribution in [-0.4, -0.2) is 36.1 Å². The Balaban J connectivity index is 2.02. The van der Waals surface area contributed by atoms with E-state index in [-0.39, 0.29) is 0 Å². The number of nitrogens with one attached hydrogen (secondary N) is 1. The molecule has 3 atom stereocenters. The zero-order valence-electron chi connectivity index (χ0n) is 12.8. The molecule has 0 aromatic rings. The minimum Gasteiger partial charge on any atom is -0.313 e. The molecule has 106 valence electrons. The van der Waals surface area contributed by atoms with Gasteiger partial charge in [-0.05, 0) is 57.9 Å². The Kier molecular flexibility index (Phi) is 5.08. The maximum absolute atomic E-state index is 3.67. The van der Waals surface area contributed by atoms with E-state index in [1.54, 1.807) is 0 Å². The zero-order chi connectivity index (χ0) is 13.1. The smallest absolute Gasteiger partial charge is 0.0195 e. The highest BCUT2D eigenvalue weighted by molar-refractivity contribution is 4.90. The average molecular weight is 252 g/mol. The Morgan fingerprint density at radius 2 is 1.72 bits per heavy atom. The van der Waals surface area contributed by atoms with Gasteiger partial charge in [-0.2, -0.15) is 0 Å². The lowest BCUT2D eigenvalue weighted by atomic mass is 9.77. The van der Waals surface area contributed by atoms with Crippen LogP contribution in [0.1, 0.15) is 59.8 Å². The van der Waals surface area contributed by atoms with Gasteiger partial charge in [0, 0.05) is 24.7 Å². The summed E-state index contributed by atoms with van der Waals surface area (Å²) in [6, 6.07) is 2.23. The van der Waals surface area contributed by atoms with Crippen molar-refractivity contribution in [3.05, 3.63) is 0 Å². The molecule has 0 radical (unpaired) electrons. The number of rotatable bonds is 4. The standard InChI is InChI=1S/C16H32N2/c1-12(2)18(11-15-9-6-10-17-15)16-13(3)7-5-8-14(16)4/h12-17H,5-11H2,1-4H3. The molecule has 2 rings (SSSR count). The SMILES string of the molecule is CC1CCCC(C)C1N(CC1CCCN1)C(C)C. The van der Waals surface area contributed by atoms with E-state index in [1.165, 1.54) is 45.2 Å². The second-order valence-corrected chi connectivity index (χ2v) is 6.96. The monoisotopic (exact) mass is 252 g/mol. The van der Waals surface area contributed by atoms with Gasteiger partial charge < -0.3 is 5.32 Å². The van der Waals surface area contributed by atoms with E-state index in [1.807, 2.05) is 0 Å². The average Bonchev–Trinajstić information content (AvgIpc) is 2.80. The highest BCUT2D eigenvalue weighted by Crippen LogP contribution is 2.34. The summed E-state index contributed by atoms with van der Waals surface area (Å²) >= 11 is 0. The van der Waals surface area contributed by atoms with Crippen LogP contribution in [0, 0.1) is 11.8 Å². The van der Waals surface area contributed by atoms with E-state index in [4.69, 9.17) is 0 Å². The summed E-state index contributed by atoms with van der Waals surface area (Å²) in [5.74, 6) is 1.75. The lowest BCUT2D eigenvalue weighted by molar-refractivity contribution is 0.0388. The molecule has 1 saturated heterocycles. The first-order valence-electron chi connectivity index (χ1n) is 8.08. The predicted molar refractivity (Wildman–Crippen MR) is 78.8 cm³/mol. The molecule has 1 aliphatic carbocycles. The highest BCUT2D eigenvalue weighted by atomic mass is 15.2. The molecular weight excluding hydrogens is 220 g/mol. The van der Waals surface area contributed by atoms with Crippen molar-refractivity contribution in [2.24, 2.45) is 11.8 Å². The topological polar surface area (TPSA) is 15.3 Å². The van der Waals surface area contributed by atoms with Crippen LogP contribution in [-0.2, 0) is 0 Å². The molecule has 2 heteroatoms. The first-order chi connectivity index (χ1) is 8.59. The van der Waals surface area contributed by atoms with Crippen LogP contribution in [0.25, 0.3) is 0 Å². The van der Waals surface area contributed by atoms with E-state index >= 15 is 0 Å². The second-order valence-electron chi connectivity index (χ2n) is 6.96. The van der Waals surface area contributed by atoms with Crippen molar-refractivity contribution >= 4 is 0 Å². The lowest BCUT2D eigenvalue weighted by Crippen LogP contribution is -2.53. The fraction of sp³-hybridized carbons (Fsp3) is 1.00. The predicted octanol–water partition coefficient (Wildman–Crippen LogP) is 3.27. The maximum atomic E-state index is 3.67. The normalized spacial score (nSPS) is 37.7. The molecule has 2 nitrogen and oxygen atoms in total. The van der Waals surface area contributed by atoms with Gasteiger partial charge >= 0.3 is 0 Å². The van der Waals surface area contributed by atoms with Crippen LogP contribution in [0.2, 0.25) is 0 Å². The quantitative estimate of drug-likeness (QED) is 0.826. The molecule has 1 heterocycles. The first-order valence-corrected chi connectivity index (χ1v) is 8.08. The van der Waals surface area contributed by atoms with E-state index in [9.17, 15) is 0 Å². The van der Waals surface area contributed by atoms with Crippen LogP contribution >= 0.6 is 0 Å². The van der Waals surface area contributed by atoms with Crippen molar-refractivity contribution in [2.45, 2.75) is 77.9 Å².